The van der Waals surface area contributed by atoms with Gasteiger partial charge in [-0.3, -0.25) is 4.40 Å². The fourth-order valence-electron chi connectivity index (χ4n) is 3.51. The number of anilines is 1. The summed E-state index contributed by atoms with van der Waals surface area (Å²) in [4.78, 5) is 11.3. The van der Waals surface area contributed by atoms with Crippen molar-refractivity contribution in [2.45, 2.75) is 22.9 Å². The van der Waals surface area contributed by atoms with E-state index in [1.165, 1.54) is 5.56 Å². The fourth-order valence-corrected chi connectivity index (χ4v) is 4.58. The van der Waals surface area contributed by atoms with Gasteiger partial charge < -0.3 is 10.4 Å². The zero-order valence-electron chi connectivity index (χ0n) is 16.2. The summed E-state index contributed by atoms with van der Waals surface area (Å²) in [5.41, 5.74) is 5.01. The quantitative estimate of drug-likeness (QED) is 0.404. The van der Waals surface area contributed by atoms with E-state index in [2.05, 4.69) is 26.8 Å². The molecule has 0 atom stereocenters. The second-order valence-corrected chi connectivity index (χ2v) is 8.01. The summed E-state index contributed by atoms with van der Waals surface area (Å²) < 4.78 is 2.06. The van der Waals surface area contributed by atoms with Crippen molar-refractivity contribution >= 4 is 34.1 Å². The average Bonchev–Trinajstić information content (AvgIpc) is 3.29. The molecule has 5 aromatic rings. The molecule has 0 fully saturated rings. The van der Waals surface area contributed by atoms with Crippen LogP contribution >= 0.6 is 11.8 Å². The number of nitrogens with zero attached hydrogens (tertiary/aromatic N) is 3. The van der Waals surface area contributed by atoms with Gasteiger partial charge in [-0.1, -0.05) is 60.3 Å². The molecule has 0 unspecified atom stereocenters. The predicted molar refractivity (Wildman–Crippen MR) is 121 cm³/mol. The Hall–Kier alpha value is -3.35. The number of aliphatic hydroxyl groups is 1. The van der Waals surface area contributed by atoms with Gasteiger partial charge in [-0.2, -0.15) is 0 Å². The molecule has 0 aliphatic heterocycles. The highest BCUT2D eigenvalue weighted by Crippen LogP contribution is 2.33. The van der Waals surface area contributed by atoms with Crippen molar-refractivity contribution in [1.29, 1.82) is 0 Å². The molecule has 0 spiro atoms. The largest absolute Gasteiger partial charge is 0.392 e. The first-order valence-electron chi connectivity index (χ1n) is 9.72. The van der Waals surface area contributed by atoms with Crippen LogP contribution in [0.15, 0.2) is 95.1 Å². The van der Waals surface area contributed by atoms with Gasteiger partial charge in [0, 0.05) is 16.3 Å². The van der Waals surface area contributed by atoms with Crippen LogP contribution in [0.1, 0.15) is 11.1 Å². The number of hydrogen-bond acceptors (Lipinski definition) is 5. The highest BCUT2D eigenvalue weighted by Gasteiger charge is 2.11. The van der Waals surface area contributed by atoms with Gasteiger partial charge in [-0.25, -0.2) is 9.97 Å². The molecule has 0 aliphatic carbocycles. The lowest BCUT2D eigenvalue weighted by Gasteiger charge is -2.14. The first kappa shape index (κ1) is 18.7. The third kappa shape index (κ3) is 3.51. The summed E-state index contributed by atoms with van der Waals surface area (Å²) in [5.74, 6) is 0.807. The number of benzene rings is 3. The van der Waals surface area contributed by atoms with Gasteiger partial charge in [-0.15, -0.1) is 0 Å². The molecular formula is C24H20N4OS. The predicted octanol–water partition coefficient (Wildman–Crippen LogP) is 5.14. The van der Waals surface area contributed by atoms with Crippen LogP contribution in [0, 0.1) is 0 Å². The van der Waals surface area contributed by atoms with E-state index >= 15 is 0 Å². The van der Waals surface area contributed by atoms with Crippen molar-refractivity contribution in [2.24, 2.45) is 0 Å². The van der Waals surface area contributed by atoms with Crippen molar-refractivity contribution < 1.29 is 5.11 Å². The Morgan fingerprint density at radius 3 is 2.37 bits per heavy atom. The lowest BCUT2D eigenvalue weighted by Crippen LogP contribution is -2.05. The lowest BCUT2D eigenvalue weighted by atomic mass is 10.2. The van der Waals surface area contributed by atoms with Crippen LogP contribution in [0.3, 0.4) is 0 Å². The van der Waals surface area contributed by atoms with Crippen LogP contribution in [0.4, 0.5) is 5.82 Å². The summed E-state index contributed by atoms with van der Waals surface area (Å²) >= 11 is 1.67. The smallest absolute Gasteiger partial charge is 0.153 e. The Balaban J connectivity index is 1.45. The number of nitrogens with one attached hydrogen (secondary N) is 1. The van der Waals surface area contributed by atoms with Crippen molar-refractivity contribution in [3.8, 4) is 0 Å². The molecular weight excluding hydrogens is 392 g/mol. The van der Waals surface area contributed by atoms with Gasteiger partial charge in [0.25, 0.3) is 0 Å². The number of hydrogen-bond donors (Lipinski definition) is 2. The minimum atomic E-state index is 0.0315. The monoisotopic (exact) mass is 412 g/mol. The number of aliphatic hydroxyl groups excluding tert-OH is 1. The Morgan fingerprint density at radius 2 is 1.53 bits per heavy atom. The number of para-hydroxylation sites is 2. The minimum absolute atomic E-state index is 0.0315. The zero-order valence-corrected chi connectivity index (χ0v) is 17.0. The van der Waals surface area contributed by atoms with E-state index in [-0.39, 0.29) is 6.61 Å². The molecule has 3 aromatic carbocycles. The first-order valence-corrected chi connectivity index (χ1v) is 10.5. The Kier molecular flexibility index (Phi) is 5.09. The van der Waals surface area contributed by atoms with Crippen LogP contribution in [-0.2, 0) is 13.2 Å². The third-order valence-corrected chi connectivity index (χ3v) is 6.27. The first-order chi connectivity index (χ1) is 14.8. The van der Waals surface area contributed by atoms with Crippen molar-refractivity contribution in [3.05, 3.63) is 96.4 Å². The van der Waals surface area contributed by atoms with E-state index in [9.17, 15) is 5.11 Å². The SMILES string of the molecule is OCc1ccccc1Sc1ccccc1CNc1nc2ccccc2n2cncc12. The number of rotatable bonds is 6. The van der Waals surface area contributed by atoms with E-state index in [4.69, 9.17) is 4.98 Å². The van der Waals surface area contributed by atoms with E-state index in [1.54, 1.807) is 11.8 Å². The van der Waals surface area contributed by atoms with E-state index in [1.807, 2.05) is 73.2 Å². The van der Waals surface area contributed by atoms with Crippen LogP contribution in [0.2, 0.25) is 0 Å². The van der Waals surface area contributed by atoms with Crippen molar-refractivity contribution in [3.63, 3.8) is 0 Å². The lowest BCUT2D eigenvalue weighted by molar-refractivity contribution is 0.279. The summed E-state index contributed by atoms with van der Waals surface area (Å²) in [6.07, 6.45) is 3.65. The molecule has 0 amide bonds. The molecule has 0 bridgehead atoms. The average molecular weight is 413 g/mol. The molecule has 2 aromatic heterocycles. The van der Waals surface area contributed by atoms with Gasteiger partial charge in [0.15, 0.2) is 5.82 Å². The number of aromatic nitrogens is 3. The molecule has 0 radical (unpaired) electrons. The highest BCUT2D eigenvalue weighted by atomic mass is 32.2. The topological polar surface area (TPSA) is 62.5 Å². The normalized spacial score (nSPS) is 11.2. The number of fused-ring (bicyclic) bond motifs is 3. The van der Waals surface area contributed by atoms with Gasteiger partial charge >= 0.3 is 0 Å². The standard InChI is InChI=1S/C24H20N4OS/c29-15-18-8-2-6-12-23(18)30-22-11-5-1-7-17(22)13-26-24-21-14-25-16-28(21)20-10-4-3-9-19(20)27-24/h1-12,14,16,29H,13,15H2,(H,26,27). The second-order valence-electron chi connectivity index (χ2n) is 6.93. The van der Waals surface area contributed by atoms with Crippen LogP contribution in [0.5, 0.6) is 0 Å². The molecule has 0 saturated carbocycles. The molecule has 2 heterocycles. The molecule has 6 heteroatoms. The molecule has 5 rings (SSSR count). The zero-order chi connectivity index (χ0) is 20.3. The highest BCUT2D eigenvalue weighted by molar-refractivity contribution is 7.99. The molecule has 5 nitrogen and oxygen atoms in total. The summed E-state index contributed by atoms with van der Waals surface area (Å²) in [7, 11) is 0. The molecule has 2 N–H and O–H groups in total. The Bertz CT molecular complexity index is 1330. The maximum atomic E-state index is 9.64. The second kappa shape index (κ2) is 8.18. The minimum Gasteiger partial charge on any atom is -0.392 e. The van der Waals surface area contributed by atoms with E-state index in [0.717, 1.165) is 37.7 Å². The Labute approximate surface area is 178 Å². The van der Waals surface area contributed by atoms with Gasteiger partial charge in [0.2, 0.25) is 0 Å². The van der Waals surface area contributed by atoms with Crippen molar-refractivity contribution in [1.82, 2.24) is 14.4 Å². The summed E-state index contributed by atoms with van der Waals surface area (Å²) in [5, 5.41) is 13.1. The van der Waals surface area contributed by atoms with E-state index < -0.39 is 0 Å². The van der Waals surface area contributed by atoms with Crippen LogP contribution < -0.4 is 5.32 Å². The van der Waals surface area contributed by atoms with Gasteiger partial charge in [-0.05, 0) is 35.4 Å². The number of imidazole rings is 1. The van der Waals surface area contributed by atoms with Gasteiger partial charge in [0.05, 0.1) is 30.2 Å². The van der Waals surface area contributed by atoms with Crippen LogP contribution in [0.25, 0.3) is 16.6 Å². The maximum Gasteiger partial charge on any atom is 0.153 e. The molecule has 30 heavy (non-hydrogen) atoms. The van der Waals surface area contributed by atoms with Crippen LogP contribution in [-0.4, -0.2) is 19.5 Å². The maximum absolute atomic E-state index is 9.64. The Morgan fingerprint density at radius 1 is 0.833 bits per heavy atom. The molecule has 0 aliphatic rings. The van der Waals surface area contributed by atoms with Gasteiger partial charge in [0.1, 0.15) is 5.52 Å². The molecule has 0 saturated heterocycles. The molecule has 148 valence electrons. The third-order valence-electron chi connectivity index (χ3n) is 5.04. The van der Waals surface area contributed by atoms with E-state index in [0.29, 0.717) is 6.54 Å². The van der Waals surface area contributed by atoms with Crippen molar-refractivity contribution in [2.75, 3.05) is 5.32 Å². The summed E-state index contributed by atoms with van der Waals surface area (Å²) in [6.45, 7) is 0.667. The fraction of sp³-hybridized carbons (Fsp3) is 0.0833. The summed E-state index contributed by atoms with van der Waals surface area (Å²) in [6, 6.07) is 24.3.